The van der Waals surface area contributed by atoms with Crippen LogP contribution in [-0.2, 0) is 22.6 Å². The van der Waals surface area contributed by atoms with Crippen LogP contribution in [0.25, 0.3) is 0 Å². The first-order chi connectivity index (χ1) is 12.6. The molecular weight excluding hydrogens is 331 g/mol. The van der Waals surface area contributed by atoms with Gasteiger partial charge in [-0.1, -0.05) is 37.6 Å². The largest absolute Gasteiger partial charge is 0.489 e. The summed E-state index contributed by atoms with van der Waals surface area (Å²) in [6.07, 6.45) is 4.74. The summed E-state index contributed by atoms with van der Waals surface area (Å²) in [7, 11) is 1.45. The molecule has 2 aromatic rings. The van der Waals surface area contributed by atoms with E-state index >= 15 is 0 Å². The first-order valence-corrected chi connectivity index (χ1v) is 9.16. The van der Waals surface area contributed by atoms with Crippen molar-refractivity contribution in [2.24, 2.45) is 5.92 Å². The zero-order valence-electron chi connectivity index (χ0n) is 15.5. The van der Waals surface area contributed by atoms with Crippen LogP contribution in [0.5, 0.6) is 5.75 Å². The number of hydrogen-bond acceptors (Lipinski definition) is 3. The Hall–Kier alpha value is -2.36. The predicted octanol–water partition coefficient (Wildman–Crippen LogP) is 5.32. The molecule has 0 heterocycles. The lowest BCUT2D eigenvalue weighted by molar-refractivity contribution is -0.145. The lowest BCUT2D eigenvalue weighted by atomic mass is 9.97. The maximum Gasteiger partial charge on any atom is 0.308 e. The van der Waals surface area contributed by atoms with E-state index in [0.29, 0.717) is 6.61 Å². The van der Waals surface area contributed by atoms with Crippen LogP contribution in [0.15, 0.2) is 48.5 Å². The van der Waals surface area contributed by atoms with E-state index in [1.54, 1.807) is 12.1 Å². The molecule has 0 N–H and O–H groups in total. The van der Waals surface area contributed by atoms with Crippen molar-refractivity contribution in [2.45, 2.75) is 45.6 Å². The number of rotatable bonds is 10. The van der Waals surface area contributed by atoms with Crippen molar-refractivity contribution in [1.82, 2.24) is 0 Å². The number of carbonyl (C=O) groups excluding carboxylic acids is 1. The Morgan fingerprint density at radius 1 is 1.00 bits per heavy atom. The Kier molecular flexibility index (Phi) is 8.13. The lowest BCUT2D eigenvalue weighted by Gasteiger charge is -2.12. The summed E-state index contributed by atoms with van der Waals surface area (Å²) in [5.41, 5.74) is 2.19. The fourth-order valence-electron chi connectivity index (χ4n) is 2.87. The van der Waals surface area contributed by atoms with Crippen LogP contribution in [0.4, 0.5) is 4.39 Å². The minimum absolute atomic E-state index is 0.0160. The fourth-order valence-corrected chi connectivity index (χ4v) is 2.87. The Balaban J connectivity index is 1.71. The van der Waals surface area contributed by atoms with Gasteiger partial charge in [-0.3, -0.25) is 4.79 Å². The van der Waals surface area contributed by atoms with Gasteiger partial charge >= 0.3 is 5.97 Å². The molecule has 0 saturated carbocycles. The molecule has 0 radical (unpaired) electrons. The highest BCUT2D eigenvalue weighted by Gasteiger charge is 2.15. The van der Waals surface area contributed by atoms with E-state index in [9.17, 15) is 9.18 Å². The number of hydrogen-bond donors (Lipinski definition) is 0. The van der Waals surface area contributed by atoms with Crippen molar-refractivity contribution in [2.75, 3.05) is 7.11 Å². The highest BCUT2D eigenvalue weighted by Crippen LogP contribution is 2.18. The second-order valence-electron chi connectivity index (χ2n) is 6.43. The van der Waals surface area contributed by atoms with E-state index in [-0.39, 0.29) is 17.7 Å². The lowest BCUT2D eigenvalue weighted by Crippen LogP contribution is -2.15. The summed E-state index contributed by atoms with van der Waals surface area (Å²) < 4.78 is 23.4. The van der Waals surface area contributed by atoms with Gasteiger partial charge in [0, 0.05) is 0 Å². The van der Waals surface area contributed by atoms with Gasteiger partial charge in [0.2, 0.25) is 0 Å². The molecule has 140 valence electrons. The third-order valence-electron chi connectivity index (χ3n) is 4.54. The van der Waals surface area contributed by atoms with Crippen molar-refractivity contribution < 1.29 is 18.7 Å². The van der Waals surface area contributed by atoms with Crippen LogP contribution < -0.4 is 4.74 Å². The van der Waals surface area contributed by atoms with Crippen molar-refractivity contribution in [3.05, 3.63) is 65.5 Å². The van der Waals surface area contributed by atoms with E-state index in [1.807, 2.05) is 19.1 Å². The highest BCUT2D eigenvalue weighted by atomic mass is 19.1. The molecule has 0 aliphatic heterocycles. The molecular formula is C22H27FO3. The zero-order chi connectivity index (χ0) is 18.8. The fraction of sp³-hybridized carbons (Fsp3) is 0.409. The molecule has 0 saturated heterocycles. The van der Waals surface area contributed by atoms with Crippen LogP contribution in [-0.4, -0.2) is 13.1 Å². The molecule has 0 bridgehead atoms. The summed E-state index contributed by atoms with van der Waals surface area (Å²) >= 11 is 0. The van der Waals surface area contributed by atoms with Gasteiger partial charge in [0.05, 0.1) is 13.0 Å². The number of carbonyl (C=O) groups is 1. The van der Waals surface area contributed by atoms with Gasteiger partial charge in [0.1, 0.15) is 18.2 Å². The number of benzene rings is 2. The maximum atomic E-state index is 12.9. The zero-order valence-corrected chi connectivity index (χ0v) is 15.5. The molecule has 3 nitrogen and oxygen atoms in total. The van der Waals surface area contributed by atoms with Gasteiger partial charge in [0.15, 0.2) is 0 Å². The van der Waals surface area contributed by atoms with Crippen LogP contribution >= 0.6 is 0 Å². The molecule has 1 atom stereocenters. The molecule has 1 unspecified atom stereocenters. The normalized spacial score (nSPS) is 11.8. The van der Waals surface area contributed by atoms with Crippen molar-refractivity contribution in [1.29, 1.82) is 0 Å². The Labute approximate surface area is 155 Å². The van der Waals surface area contributed by atoms with E-state index in [1.165, 1.54) is 24.8 Å². The molecule has 2 rings (SSSR count). The molecule has 2 aromatic carbocycles. The van der Waals surface area contributed by atoms with E-state index in [0.717, 1.165) is 43.4 Å². The molecule has 0 amide bonds. The third kappa shape index (κ3) is 6.51. The average Bonchev–Trinajstić information content (AvgIpc) is 2.68. The van der Waals surface area contributed by atoms with Crippen LogP contribution in [0.2, 0.25) is 0 Å². The van der Waals surface area contributed by atoms with Crippen molar-refractivity contribution in [3.63, 3.8) is 0 Å². The Morgan fingerprint density at radius 2 is 1.65 bits per heavy atom. The van der Waals surface area contributed by atoms with Crippen LogP contribution in [0.3, 0.4) is 0 Å². The minimum atomic E-state index is -0.241. The molecule has 0 aliphatic rings. The molecule has 0 spiro atoms. The van der Waals surface area contributed by atoms with E-state index < -0.39 is 0 Å². The molecule has 26 heavy (non-hydrogen) atoms. The van der Waals surface area contributed by atoms with Gasteiger partial charge in [-0.2, -0.15) is 0 Å². The molecule has 0 aromatic heterocycles. The van der Waals surface area contributed by atoms with Gasteiger partial charge in [0.25, 0.3) is 0 Å². The number of methoxy groups -OCH3 is 1. The number of halogens is 1. The topological polar surface area (TPSA) is 35.5 Å². The van der Waals surface area contributed by atoms with E-state index in [2.05, 4.69) is 12.1 Å². The Morgan fingerprint density at radius 3 is 2.27 bits per heavy atom. The second-order valence-corrected chi connectivity index (χ2v) is 6.43. The summed E-state index contributed by atoms with van der Waals surface area (Å²) in [6.45, 7) is 2.44. The number of unbranched alkanes of at least 4 members (excludes halogenated alkanes) is 1. The predicted molar refractivity (Wildman–Crippen MR) is 101 cm³/mol. The van der Waals surface area contributed by atoms with Crippen LogP contribution in [0, 0.1) is 11.7 Å². The number of aryl methyl sites for hydroxylation is 1. The summed E-state index contributed by atoms with van der Waals surface area (Å²) in [4.78, 5) is 11.6. The number of ether oxygens (including phenoxy) is 2. The van der Waals surface area contributed by atoms with Crippen LogP contribution in [0.1, 0.15) is 43.7 Å². The summed E-state index contributed by atoms with van der Waals surface area (Å²) in [5.74, 6) is 0.474. The minimum Gasteiger partial charge on any atom is -0.489 e. The number of esters is 1. The van der Waals surface area contributed by atoms with Crippen molar-refractivity contribution in [3.8, 4) is 5.75 Å². The SMILES string of the molecule is CCC(CCCCc1ccc(OCc2ccc(F)cc2)cc1)C(=O)OC. The first kappa shape index (κ1) is 20.0. The second kappa shape index (κ2) is 10.6. The van der Waals surface area contributed by atoms with Gasteiger partial charge in [-0.05, 0) is 61.1 Å². The standard InChI is InChI=1S/C22H27FO3/c1-3-19(22(24)25-2)7-5-4-6-17-10-14-21(15-11-17)26-16-18-8-12-20(23)13-9-18/h8-15,19H,3-7,16H2,1-2H3. The maximum absolute atomic E-state index is 12.9. The van der Waals surface area contributed by atoms with Gasteiger partial charge in [-0.25, -0.2) is 4.39 Å². The monoisotopic (exact) mass is 358 g/mol. The highest BCUT2D eigenvalue weighted by molar-refractivity contribution is 5.72. The van der Waals surface area contributed by atoms with Gasteiger partial charge < -0.3 is 9.47 Å². The molecule has 0 aliphatic carbocycles. The van der Waals surface area contributed by atoms with E-state index in [4.69, 9.17) is 9.47 Å². The van der Waals surface area contributed by atoms with Crippen molar-refractivity contribution >= 4 is 5.97 Å². The quantitative estimate of drug-likeness (QED) is 0.426. The molecule has 4 heteroatoms. The Bertz CT molecular complexity index is 665. The third-order valence-corrected chi connectivity index (χ3v) is 4.54. The van der Waals surface area contributed by atoms with Gasteiger partial charge in [-0.15, -0.1) is 0 Å². The average molecular weight is 358 g/mol. The smallest absolute Gasteiger partial charge is 0.308 e. The molecule has 0 fully saturated rings. The first-order valence-electron chi connectivity index (χ1n) is 9.16. The summed E-state index contributed by atoms with van der Waals surface area (Å²) in [5, 5.41) is 0. The summed E-state index contributed by atoms with van der Waals surface area (Å²) in [6, 6.07) is 14.4.